The maximum atomic E-state index is 13.3. The number of sulfonamides is 1. The number of hydrogen-bond donors (Lipinski definition) is 1. The lowest BCUT2D eigenvalue weighted by Crippen LogP contribution is -2.41. The summed E-state index contributed by atoms with van der Waals surface area (Å²) in [4.78, 5) is 16.6. The Morgan fingerprint density at radius 2 is 2.07 bits per heavy atom. The van der Waals surface area contributed by atoms with Crippen molar-refractivity contribution < 1.29 is 22.1 Å². The van der Waals surface area contributed by atoms with E-state index in [-0.39, 0.29) is 29.1 Å². The van der Waals surface area contributed by atoms with Crippen molar-refractivity contribution in [1.29, 1.82) is 0 Å². The van der Waals surface area contributed by atoms with Gasteiger partial charge in [0, 0.05) is 42.6 Å². The molecule has 0 saturated carbocycles. The van der Waals surface area contributed by atoms with E-state index in [1.54, 1.807) is 18.4 Å². The van der Waals surface area contributed by atoms with Crippen molar-refractivity contribution in [3.63, 3.8) is 0 Å². The van der Waals surface area contributed by atoms with Crippen LogP contribution in [0.15, 0.2) is 44.4 Å². The maximum absolute atomic E-state index is 13.3. The van der Waals surface area contributed by atoms with E-state index in [9.17, 15) is 17.6 Å². The van der Waals surface area contributed by atoms with E-state index in [2.05, 4.69) is 15.5 Å². The second kappa shape index (κ2) is 8.25. The number of hydrogen-bond acceptors (Lipinski definition) is 7. The number of anilines is 1. The van der Waals surface area contributed by atoms with E-state index >= 15 is 0 Å². The van der Waals surface area contributed by atoms with Crippen molar-refractivity contribution in [2.24, 2.45) is 5.92 Å². The largest absolute Gasteiger partial charge is 0.339 e. The molecule has 1 aliphatic rings. The van der Waals surface area contributed by atoms with Gasteiger partial charge in [-0.15, -0.1) is 11.3 Å². The second-order valence-electron chi connectivity index (χ2n) is 6.97. The number of thiophene rings is 1. The van der Waals surface area contributed by atoms with Gasteiger partial charge in [0.1, 0.15) is 10.0 Å². The summed E-state index contributed by atoms with van der Waals surface area (Å²) in [5, 5.41) is 8.18. The summed E-state index contributed by atoms with van der Waals surface area (Å²) < 4.78 is 45.7. The van der Waals surface area contributed by atoms with Gasteiger partial charge in [0.05, 0.1) is 0 Å². The van der Waals surface area contributed by atoms with Gasteiger partial charge in [-0.25, -0.2) is 12.8 Å². The van der Waals surface area contributed by atoms with E-state index in [1.807, 2.05) is 0 Å². The fourth-order valence-electron chi connectivity index (χ4n) is 3.28. The third-order valence-electron chi connectivity index (χ3n) is 4.87. The van der Waals surface area contributed by atoms with Gasteiger partial charge in [0.2, 0.25) is 17.6 Å². The number of carbonyl (C=O) groups excluding carboxylic acids is 1. The molecule has 8 nitrogen and oxygen atoms in total. The molecular formula is C19H19FN4O4S2. The number of rotatable bonds is 5. The summed E-state index contributed by atoms with van der Waals surface area (Å²) in [6, 6.07) is 7.21. The van der Waals surface area contributed by atoms with Crippen LogP contribution in [0.4, 0.5) is 10.1 Å². The standard InChI is InChI=1S/C19H19FN4O4S2/c1-12-21-18(23-28-12)14-9-17(29-11-14)30(26,27)24-7-5-13(6-8-24)19(25)22-16-4-2-3-15(20)10-16/h2-4,9-11,13H,5-8H2,1H3,(H,22,25). The highest BCUT2D eigenvalue weighted by molar-refractivity contribution is 7.91. The SMILES string of the molecule is Cc1nc(-c2csc(S(=O)(=O)N3CCC(C(=O)Nc4cccc(F)c4)CC3)c2)no1. The van der Waals surface area contributed by atoms with Crippen LogP contribution in [0, 0.1) is 18.7 Å². The fourth-order valence-corrected chi connectivity index (χ4v) is 6.06. The molecule has 3 heterocycles. The lowest BCUT2D eigenvalue weighted by atomic mass is 9.97. The van der Waals surface area contributed by atoms with Crippen LogP contribution in [0.1, 0.15) is 18.7 Å². The monoisotopic (exact) mass is 450 g/mol. The number of halogens is 1. The van der Waals surface area contributed by atoms with Crippen LogP contribution in [-0.4, -0.2) is 41.9 Å². The molecule has 1 aromatic carbocycles. The quantitative estimate of drug-likeness (QED) is 0.640. The van der Waals surface area contributed by atoms with Crippen molar-refractivity contribution in [2.45, 2.75) is 24.0 Å². The summed E-state index contributed by atoms with van der Waals surface area (Å²) in [6.07, 6.45) is 0.783. The molecule has 4 rings (SSSR count). The molecule has 0 radical (unpaired) electrons. The van der Waals surface area contributed by atoms with Gasteiger partial charge in [-0.2, -0.15) is 9.29 Å². The average molecular weight is 451 g/mol. The highest BCUT2D eigenvalue weighted by Crippen LogP contribution is 2.31. The molecule has 1 N–H and O–H groups in total. The number of nitrogens with zero attached hydrogens (tertiary/aromatic N) is 3. The van der Waals surface area contributed by atoms with Crippen LogP contribution in [0.2, 0.25) is 0 Å². The molecule has 11 heteroatoms. The first-order valence-corrected chi connectivity index (χ1v) is 11.6. The number of piperidine rings is 1. The number of benzene rings is 1. The molecule has 0 spiro atoms. The topological polar surface area (TPSA) is 105 Å². The predicted molar refractivity (Wildman–Crippen MR) is 109 cm³/mol. The smallest absolute Gasteiger partial charge is 0.252 e. The Balaban J connectivity index is 1.39. The first-order chi connectivity index (χ1) is 14.3. The molecule has 0 atom stereocenters. The molecule has 3 aromatic rings. The Kier molecular flexibility index (Phi) is 5.67. The molecule has 0 unspecified atom stereocenters. The van der Waals surface area contributed by atoms with Crippen molar-refractivity contribution in [1.82, 2.24) is 14.4 Å². The zero-order valence-electron chi connectivity index (χ0n) is 16.0. The summed E-state index contributed by atoms with van der Waals surface area (Å²) in [7, 11) is -3.67. The first-order valence-electron chi connectivity index (χ1n) is 9.29. The third-order valence-corrected chi connectivity index (χ3v) is 8.19. The fraction of sp³-hybridized carbons (Fsp3) is 0.316. The van der Waals surface area contributed by atoms with Crippen LogP contribution < -0.4 is 5.32 Å². The van der Waals surface area contributed by atoms with Crippen molar-refractivity contribution >= 4 is 33.0 Å². The minimum atomic E-state index is -3.67. The third kappa shape index (κ3) is 4.27. The van der Waals surface area contributed by atoms with E-state index in [1.165, 1.54) is 28.6 Å². The number of aryl methyl sites for hydroxylation is 1. The van der Waals surface area contributed by atoms with Gasteiger partial charge in [-0.3, -0.25) is 4.79 Å². The van der Waals surface area contributed by atoms with Crippen LogP contribution in [-0.2, 0) is 14.8 Å². The molecule has 0 aliphatic carbocycles. The molecule has 1 fully saturated rings. The van der Waals surface area contributed by atoms with Gasteiger partial charge < -0.3 is 9.84 Å². The Labute approximate surface area is 176 Å². The lowest BCUT2D eigenvalue weighted by molar-refractivity contribution is -0.120. The minimum absolute atomic E-state index is 0.197. The maximum Gasteiger partial charge on any atom is 0.252 e. The Hall–Kier alpha value is -2.63. The summed E-state index contributed by atoms with van der Waals surface area (Å²) in [5.41, 5.74) is 0.970. The number of aromatic nitrogens is 2. The molecule has 158 valence electrons. The Bertz CT molecular complexity index is 1170. The molecule has 1 saturated heterocycles. The molecule has 30 heavy (non-hydrogen) atoms. The van der Waals surface area contributed by atoms with E-state index in [0.717, 1.165) is 11.3 Å². The van der Waals surface area contributed by atoms with Gasteiger partial charge in [0.15, 0.2) is 0 Å². The molecule has 1 amide bonds. The van der Waals surface area contributed by atoms with Crippen molar-refractivity contribution in [3.05, 3.63) is 47.4 Å². The zero-order valence-corrected chi connectivity index (χ0v) is 17.7. The van der Waals surface area contributed by atoms with E-state index in [4.69, 9.17) is 4.52 Å². The molecule has 2 aromatic heterocycles. The van der Waals surface area contributed by atoms with Crippen LogP contribution in [0.25, 0.3) is 11.4 Å². The highest BCUT2D eigenvalue weighted by Gasteiger charge is 2.33. The van der Waals surface area contributed by atoms with Gasteiger partial charge in [0.25, 0.3) is 10.0 Å². The van der Waals surface area contributed by atoms with Crippen molar-refractivity contribution in [2.75, 3.05) is 18.4 Å². The Morgan fingerprint density at radius 1 is 1.30 bits per heavy atom. The van der Waals surface area contributed by atoms with E-state index < -0.39 is 15.8 Å². The summed E-state index contributed by atoms with van der Waals surface area (Å²) >= 11 is 1.10. The normalized spacial score (nSPS) is 15.9. The number of nitrogens with one attached hydrogen (secondary N) is 1. The van der Waals surface area contributed by atoms with Gasteiger partial charge >= 0.3 is 0 Å². The predicted octanol–water partition coefficient (Wildman–Crippen LogP) is 3.29. The molecule has 0 bridgehead atoms. The summed E-state index contributed by atoms with van der Waals surface area (Å²) in [6.45, 7) is 2.13. The van der Waals surface area contributed by atoms with Crippen LogP contribution in [0.5, 0.6) is 0 Å². The molecular weight excluding hydrogens is 431 g/mol. The number of carbonyl (C=O) groups is 1. The lowest BCUT2D eigenvalue weighted by Gasteiger charge is -2.30. The number of amides is 1. The first kappa shape index (κ1) is 20.6. The molecule has 1 aliphatic heterocycles. The van der Waals surface area contributed by atoms with E-state index in [0.29, 0.717) is 35.8 Å². The highest BCUT2D eigenvalue weighted by atomic mass is 32.2. The van der Waals surface area contributed by atoms with Gasteiger partial charge in [-0.1, -0.05) is 11.2 Å². The zero-order chi connectivity index (χ0) is 21.3. The minimum Gasteiger partial charge on any atom is -0.339 e. The Morgan fingerprint density at radius 3 is 2.73 bits per heavy atom. The van der Waals surface area contributed by atoms with Crippen LogP contribution >= 0.6 is 11.3 Å². The van der Waals surface area contributed by atoms with Gasteiger partial charge in [-0.05, 0) is 37.1 Å². The van der Waals surface area contributed by atoms with Crippen molar-refractivity contribution in [3.8, 4) is 11.4 Å². The second-order valence-corrected chi connectivity index (χ2v) is 10.0. The summed E-state index contributed by atoms with van der Waals surface area (Å²) in [5.74, 6) is -0.249. The van der Waals surface area contributed by atoms with Crippen LogP contribution in [0.3, 0.4) is 0 Å². The average Bonchev–Trinajstić information content (AvgIpc) is 3.37.